The second-order valence-corrected chi connectivity index (χ2v) is 7.12. The molecule has 3 rings (SSSR count). The van der Waals surface area contributed by atoms with E-state index in [-0.39, 0.29) is 23.9 Å². The molecule has 3 aromatic carbocycles. The van der Waals surface area contributed by atoms with Crippen LogP contribution in [0.5, 0.6) is 11.5 Å². The average molecular weight is 477 g/mol. The summed E-state index contributed by atoms with van der Waals surface area (Å²) in [6, 6.07) is 11.2. The number of benzene rings is 3. The Morgan fingerprint density at radius 3 is 2.06 bits per heavy atom. The van der Waals surface area contributed by atoms with Gasteiger partial charge >= 0.3 is 12.1 Å². The maximum atomic E-state index is 14.1. The van der Waals surface area contributed by atoms with Crippen molar-refractivity contribution in [2.75, 3.05) is 14.2 Å². The summed E-state index contributed by atoms with van der Waals surface area (Å²) in [6.07, 6.45) is -4.73. The predicted molar refractivity (Wildman–Crippen MR) is 115 cm³/mol. The van der Waals surface area contributed by atoms with Crippen LogP contribution in [-0.2, 0) is 12.7 Å². The SMILES string of the molecule is COc1ccc(-c2ccc(OC)c(C(=O)O)c2)cc1CNC(=O)c1ccc(C(F)(F)F)cc1F. The number of carboxylic acids is 1. The monoisotopic (exact) mass is 477 g/mol. The Labute approximate surface area is 191 Å². The van der Waals surface area contributed by atoms with E-state index in [1.807, 2.05) is 0 Å². The third-order valence-corrected chi connectivity index (χ3v) is 5.02. The summed E-state index contributed by atoms with van der Waals surface area (Å²) in [5.41, 5.74) is -0.129. The number of halogens is 4. The van der Waals surface area contributed by atoms with Crippen molar-refractivity contribution < 1.29 is 41.7 Å². The van der Waals surface area contributed by atoms with Gasteiger partial charge < -0.3 is 19.9 Å². The minimum Gasteiger partial charge on any atom is -0.496 e. The standard InChI is InChI=1S/C24H19F4NO5/c1-33-20-7-3-13(14-4-8-21(34-2)18(10-14)23(31)32)9-15(20)12-29-22(30)17-6-5-16(11-19(17)25)24(26,27)28/h3-11H,12H2,1-2H3,(H,29,30)(H,31,32). The lowest BCUT2D eigenvalue weighted by molar-refractivity contribution is -0.137. The third kappa shape index (κ3) is 5.28. The van der Waals surface area contributed by atoms with Crippen LogP contribution >= 0.6 is 0 Å². The van der Waals surface area contributed by atoms with Crippen LogP contribution in [-0.4, -0.2) is 31.2 Å². The summed E-state index contributed by atoms with van der Waals surface area (Å²) in [7, 11) is 2.76. The van der Waals surface area contributed by atoms with Crippen molar-refractivity contribution in [1.82, 2.24) is 5.32 Å². The topological polar surface area (TPSA) is 84.9 Å². The number of rotatable bonds is 7. The van der Waals surface area contributed by atoms with Crippen LogP contribution in [0.15, 0.2) is 54.6 Å². The lowest BCUT2D eigenvalue weighted by Gasteiger charge is -2.14. The summed E-state index contributed by atoms with van der Waals surface area (Å²) in [4.78, 5) is 23.9. The van der Waals surface area contributed by atoms with Crippen LogP contribution in [0.3, 0.4) is 0 Å². The zero-order chi connectivity index (χ0) is 25.0. The largest absolute Gasteiger partial charge is 0.496 e. The summed E-state index contributed by atoms with van der Waals surface area (Å²) < 4.78 is 62.6. The Kier molecular flexibility index (Phi) is 7.09. The predicted octanol–water partition coefficient (Wildman–Crippen LogP) is 5.16. The highest BCUT2D eigenvalue weighted by Crippen LogP contribution is 2.31. The maximum Gasteiger partial charge on any atom is 0.416 e. The first kappa shape index (κ1) is 24.6. The molecular weight excluding hydrogens is 458 g/mol. The zero-order valence-electron chi connectivity index (χ0n) is 18.0. The van der Waals surface area contributed by atoms with E-state index >= 15 is 0 Å². The Morgan fingerprint density at radius 1 is 0.882 bits per heavy atom. The molecule has 0 aliphatic heterocycles. The fourth-order valence-corrected chi connectivity index (χ4v) is 3.30. The number of hydrogen-bond acceptors (Lipinski definition) is 4. The van der Waals surface area contributed by atoms with Gasteiger partial charge in [0.15, 0.2) is 0 Å². The highest BCUT2D eigenvalue weighted by Gasteiger charge is 2.31. The van der Waals surface area contributed by atoms with Gasteiger partial charge in [0.1, 0.15) is 22.9 Å². The zero-order valence-corrected chi connectivity index (χ0v) is 18.0. The Balaban J connectivity index is 1.86. The molecule has 0 heterocycles. The second-order valence-electron chi connectivity index (χ2n) is 7.12. The van der Waals surface area contributed by atoms with Crippen molar-refractivity contribution in [3.05, 3.63) is 82.7 Å². The number of amides is 1. The smallest absolute Gasteiger partial charge is 0.416 e. The highest BCUT2D eigenvalue weighted by molar-refractivity contribution is 5.94. The number of carboxylic acid groups (broad SMARTS) is 1. The Morgan fingerprint density at radius 2 is 1.50 bits per heavy atom. The molecule has 0 unspecified atom stereocenters. The fourth-order valence-electron chi connectivity index (χ4n) is 3.30. The van der Waals surface area contributed by atoms with Crippen molar-refractivity contribution in [2.24, 2.45) is 0 Å². The van der Waals surface area contributed by atoms with E-state index in [0.717, 1.165) is 6.07 Å². The van der Waals surface area contributed by atoms with E-state index in [2.05, 4.69) is 5.32 Å². The van der Waals surface area contributed by atoms with Gasteiger partial charge in [-0.05, 0) is 53.6 Å². The molecule has 3 aromatic rings. The van der Waals surface area contributed by atoms with Gasteiger partial charge in [0, 0.05) is 12.1 Å². The first-order valence-corrected chi connectivity index (χ1v) is 9.78. The Hall–Kier alpha value is -4.08. The second kappa shape index (κ2) is 9.82. The molecule has 0 bridgehead atoms. The molecule has 0 atom stereocenters. The van der Waals surface area contributed by atoms with Crippen LogP contribution in [0.4, 0.5) is 17.6 Å². The molecular formula is C24H19F4NO5. The first-order valence-electron chi connectivity index (χ1n) is 9.78. The van der Waals surface area contributed by atoms with Crippen LogP contribution < -0.4 is 14.8 Å². The molecule has 0 aliphatic carbocycles. The van der Waals surface area contributed by atoms with Gasteiger partial charge in [-0.25, -0.2) is 9.18 Å². The number of carbonyl (C=O) groups is 2. The molecule has 6 nitrogen and oxygen atoms in total. The van der Waals surface area contributed by atoms with Gasteiger partial charge in [-0.2, -0.15) is 13.2 Å². The van der Waals surface area contributed by atoms with Gasteiger partial charge in [-0.1, -0.05) is 12.1 Å². The average Bonchev–Trinajstić information content (AvgIpc) is 2.81. The fraction of sp³-hybridized carbons (Fsp3) is 0.167. The summed E-state index contributed by atoms with van der Waals surface area (Å²) in [5.74, 6) is -2.79. The molecule has 2 N–H and O–H groups in total. The maximum absolute atomic E-state index is 14.1. The van der Waals surface area contributed by atoms with Gasteiger partial charge in [-0.15, -0.1) is 0 Å². The van der Waals surface area contributed by atoms with Gasteiger partial charge in [0.25, 0.3) is 5.91 Å². The first-order chi connectivity index (χ1) is 16.0. The molecule has 0 radical (unpaired) electrons. The van der Waals surface area contributed by atoms with Crippen LogP contribution in [0, 0.1) is 5.82 Å². The molecule has 0 aromatic heterocycles. The number of ether oxygens (including phenoxy) is 2. The highest BCUT2D eigenvalue weighted by atomic mass is 19.4. The van der Waals surface area contributed by atoms with Crippen molar-refractivity contribution in [1.29, 1.82) is 0 Å². The summed E-state index contributed by atoms with van der Waals surface area (Å²) >= 11 is 0. The summed E-state index contributed by atoms with van der Waals surface area (Å²) in [5, 5.41) is 11.9. The van der Waals surface area contributed by atoms with Crippen LogP contribution in [0.25, 0.3) is 11.1 Å². The molecule has 0 aliphatic rings. The molecule has 34 heavy (non-hydrogen) atoms. The number of hydrogen-bond donors (Lipinski definition) is 2. The van der Waals surface area contributed by atoms with Crippen molar-refractivity contribution in [3.8, 4) is 22.6 Å². The Bertz CT molecular complexity index is 1240. The lowest BCUT2D eigenvalue weighted by Crippen LogP contribution is -2.24. The van der Waals surface area contributed by atoms with Gasteiger partial charge in [0.2, 0.25) is 0 Å². The molecule has 0 saturated carbocycles. The van der Waals surface area contributed by atoms with Gasteiger partial charge in [-0.3, -0.25) is 4.79 Å². The number of aromatic carboxylic acids is 1. The van der Waals surface area contributed by atoms with E-state index < -0.39 is 35.0 Å². The normalized spacial score (nSPS) is 11.1. The number of methoxy groups -OCH3 is 2. The van der Waals surface area contributed by atoms with E-state index in [4.69, 9.17) is 9.47 Å². The molecule has 178 valence electrons. The molecule has 0 spiro atoms. The molecule has 0 fully saturated rings. The van der Waals surface area contributed by atoms with Crippen molar-refractivity contribution in [2.45, 2.75) is 12.7 Å². The third-order valence-electron chi connectivity index (χ3n) is 5.02. The lowest BCUT2D eigenvalue weighted by atomic mass is 9.99. The summed E-state index contributed by atoms with van der Waals surface area (Å²) in [6.45, 7) is -0.127. The van der Waals surface area contributed by atoms with Crippen LogP contribution in [0.1, 0.15) is 31.8 Å². The molecule has 0 saturated heterocycles. The van der Waals surface area contributed by atoms with E-state index in [9.17, 15) is 32.3 Å². The minimum atomic E-state index is -4.73. The quantitative estimate of drug-likeness (QED) is 0.460. The molecule has 10 heteroatoms. The number of nitrogens with one attached hydrogen (secondary N) is 1. The minimum absolute atomic E-state index is 0.0385. The van der Waals surface area contributed by atoms with E-state index in [1.165, 1.54) is 26.4 Å². The molecule has 1 amide bonds. The number of carbonyl (C=O) groups excluding carboxylic acids is 1. The number of alkyl halides is 3. The van der Waals surface area contributed by atoms with Crippen molar-refractivity contribution >= 4 is 11.9 Å². The van der Waals surface area contributed by atoms with Crippen LogP contribution in [0.2, 0.25) is 0 Å². The van der Waals surface area contributed by atoms with Crippen molar-refractivity contribution in [3.63, 3.8) is 0 Å². The van der Waals surface area contributed by atoms with Gasteiger partial charge in [0.05, 0.1) is 25.3 Å². The van der Waals surface area contributed by atoms with E-state index in [1.54, 1.807) is 24.3 Å². The van der Waals surface area contributed by atoms with E-state index in [0.29, 0.717) is 28.5 Å².